The average Bonchev–Trinajstić information content (AvgIpc) is 2.32. The molecule has 5 nitrogen and oxygen atoms in total. The maximum Gasteiger partial charge on any atom is 0.321 e. The van der Waals surface area contributed by atoms with Gasteiger partial charge in [-0.3, -0.25) is 0 Å². The quantitative estimate of drug-likeness (QED) is 0.626. The molecule has 0 aliphatic rings. The number of benzene rings is 1. The van der Waals surface area contributed by atoms with Crippen LogP contribution in [0.15, 0.2) is 18.2 Å². The summed E-state index contributed by atoms with van der Waals surface area (Å²) >= 11 is 11.6. The van der Waals surface area contributed by atoms with E-state index in [-0.39, 0.29) is 6.73 Å². The van der Waals surface area contributed by atoms with Crippen molar-refractivity contribution >= 4 is 34.9 Å². The summed E-state index contributed by atoms with van der Waals surface area (Å²) < 4.78 is 9.87. The number of hydrogen-bond acceptors (Lipinski definition) is 3. The van der Waals surface area contributed by atoms with Crippen LogP contribution in [0.5, 0.6) is 0 Å². The number of anilines is 1. The number of carbonyl (C=O) groups is 1. The van der Waals surface area contributed by atoms with E-state index < -0.39 is 6.03 Å². The van der Waals surface area contributed by atoms with Gasteiger partial charge in [-0.2, -0.15) is 0 Å². The van der Waals surface area contributed by atoms with E-state index in [0.29, 0.717) is 28.9 Å². The molecule has 2 amide bonds. The van der Waals surface area contributed by atoms with Crippen LogP contribution >= 0.6 is 23.2 Å². The Morgan fingerprint density at radius 3 is 2.78 bits per heavy atom. The summed E-state index contributed by atoms with van der Waals surface area (Å²) in [6.45, 7) is 0.991. The third kappa shape index (κ3) is 5.55. The summed E-state index contributed by atoms with van der Waals surface area (Å²) in [5, 5.41) is 5.97. The van der Waals surface area contributed by atoms with Crippen LogP contribution < -0.4 is 10.6 Å². The molecule has 18 heavy (non-hydrogen) atoms. The number of nitrogens with one attached hydrogen (secondary N) is 2. The first-order valence-electron chi connectivity index (χ1n) is 5.20. The Labute approximate surface area is 115 Å². The number of halogens is 2. The second-order valence-corrected chi connectivity index (χ2v) is 4.14. The lowest BCUT2D eigenvalue weighted by Gasteiger charge is -2.09. The molecular formula is C11H14Cl2N2O3. The highest BCUT2D eigenvalue weighted by Gasteiger charge is 2.05. The molecule has 0 aromatic heterocycles. The van der Waals surface area contributed by atoms with E-state index in [0.717, 1.165) is 0 Å². The smallest absolute Gasteiger partial charge is 0.321 e. The largest absolute Gasteiger partial charge is 0.382 e. The van der Waals surface area contributed by atoms with Crippen molar-refractivity contribution in [1.82, 2.24) is 5.32 Å². The van der Waals surface area contributed by atoms with Gasteiger partial charge >= 0.3 is 6.03 Å². The van der Waals surface area contributed by atoms with Gasteiger partial charge in [0.1, 0.15) is 6.73 Å². The molecule has 0 bridgehead atoms. The molecule has 2 N–H and O–H groups in total. The molecule has 0 unspecified atom stereocenters. The van der Waals surface area contributed by atoms with Gasteiger partial charge in [0, 0.05) is 12.1 Å². The molecular weight excluding hydrogens is 279 g/mol. The minimum atomic E-state index is -0.406. The van der Waals surface area contributed by atoms with E-state index in [4.69, 9.17) is 32.7 Å². The summed E-state index contributed by atoms with van der Waals surface area (Å²) in [6, 6.07) is 4.40. The zero-order valence-corrected chi connectivity index (χ0v) is 11.3. The Bertz CT molecular complexity index is 402. The number of ether oxygens (including phenoxy) is 2. The summed E-state index contributed by atoms with van der Waals surface area (Å²) in [6.07, 6.45) is 0. The fourth-order valence-corrected chi connectivity index (χ4v) is 1.54. The molecule has 0 atom stereocenters. The van der Waals surface area contributed by atoms with E-state index in [9.17, 15) is 4.79 Å². The number of urea groups is 1. The van der Waals surface area contributed by atoms with Crippen molar-refractivity contribution < 1.29 is 14.3 Å². The Kier molecular flexibility index (Phi) is 6.82. The zero-order valence-electron chi connectivity index (χ0n) is 9.83. The van der Waals surface area contributed by atoms with E-state index in [1.54, 1.807) is 25.3 Å². The first-order chi connectivity index (χ1) is 8.63. The van der Waals surface area contributed by atoms with Crippen molar-refractivity contribution in [3.05, 3.63) is 28.2 Å². The average molecular weight is 293 g/mol. The molecule has 1 rings (SSSR count). The fraction of sp³-hybridized carbons (Fsp3) is 0.364. The maximum absolute atomic E-state index is 11.5. The number of carbonyl (C=O) groups excluding carboxylic acids is 1. The van der Waals surface area contributed by atoms with Crippen LogP contribution in [-0.4, -0.2) is 33.1 Å². The maximum atomic E-state index is 11.5. The van der Waals surface area contributed by atoms with Crippen molar-refractivity contribution in [2.45, 2.75) is 0 Å². The van der Waals surface area contributed by atoms with Crippen molar-refractivity contribution in [3.8, 4) is 0 Å². The van der Waals surface area contributed by atoms with Crippen LogP contribution in [0.1, 0.15) is 0 Å². The molecule has 0 heterocycles. The van der Waals surface area contributed by atoms with Crippen molar-refractivity contribution in [3.63, 3.8) is 0 Å². The SMILES string of the molecule is COCCOCNC(=O)Nc1ccc(Cl)cc1Cl. The minimum absolute atomic E-state index is 0.0976. The van der Waals surface area contributed by atoms with Gasteiger partial charge in [-0.25, -0.2) is 4.79 Å². The van der Waals surface area contributed by atoms with E-state index >= 15 is 0 Å². The van der Waals surface area contributed by atoms with Gasteiger partial charge in [0.15, 0.2) is 0 Å². The van der Waals surface area contributed by atoms with Crippen LogP contribution in [0.25, 0.3) is 0 Å². The molecule has 0 fully saturated rings. The highest BCUT2D eigenvalue weighted by atomic mass is 35.5. The molecule has 0 aliphatic carbocycles. The summed E-state index contributed by atoms with van der Waals surface area (Å²) in [4.78, 5) is 11.5. The van der Waals surface area contributed by atoms with Crippen molar-refractivity contribution in [1.29, 1.82) is 0 Å². The first kappa shape index (κ1) is 15.0. The molecule has 100 valence electrons. The number of amides is 2. The van der Waals surface area contributed by atoms with E-state index in [1.165, 1.54) is 0 Å². The minimum Gasteiger partial charge on any atom is -0.382 e. The Morgan fingerprint density at radius 1 is 1.33 bits per heavy atom. The van der Waals surface area contributed by atoms with Gasteiger partial charge in [-0.05, 0) is 18.2 Å². The number of rotatable bonds is 6. The Morgan fingerprint density at radius 2 is 2.11 bits per heavy atom. The molecule has 0 radical (unpaired) electrons. The molecule has 0 aliphatic heterocycles. The zero-order chi connectivity index (χ0) is 13.4. The lowest BCUT2D eigenvalue weighted by Crippen LogP contribution is -2.31. The van der Waals surface area contributed by atoms with E-state index in [1.807, 2.05) is 0 Å². The van der Waals surface area contributed by atoms with Crippen LogP contribution in [0.3, 0.4) is 0 Å². The van der Waals surface area contributed by atoms with Crippen LogP contribution in [-0.2, 0) is 9.47 Å². The third-order valence-corrected chi connectivity index (χ3v) is 2.49. The normalized spacial score (nSPS) is 10.2. The van der Waals surface area contributed by atoms with Gasteiger partial charge in [-0.15, -0.1) is 0 Å². The van der Waals surface area contributed by atoms with Crippen LogP contribution in [0.4, 0.5) is 10.5 Å². The summed E-state index contributed by atoms with van der Waals surface area (Å²) in [7, 11) is 1.58. The summed E-state index contributed by atoms with van der Waals surface area (Å²) in [5.74, 6) is 0. The van der Waals surface area contributed by atoms with Crippen LogP contribution in [0.2, 0.25) is 10.0 Å². The van der Waals surface area contributed by atoms with Gasteiger partial charge in [-0.1, -0.05) is 23.2 Å². The Hall–Kier alpha value is -1.01. The number of hydrogen-bond donors (Lipinski definition) is 2. The van der Waals surface area contributed by atoms with Gasteiger partial charge in [0.05, 0.1) is 23.9 Å². The standard InChI is InChI=1S/C11H14Cl2N2O3/c1-17-4-5-18-7-14-11(16)15-10-3-2-8(12)6-9(10)13/h2-3,6H,4-5,7H2,1H3,(H2,14,15,16). The molecule has 1 aromatic carbocycles. The third-order valence-electron chi connectivity index (χ3n) is 1.95. The van der Waals surface area contributed by atoms with Gasteiger partial charge in [0.2, 0.25) is 0 Å². The van der Waals surface area contributed by atoms with Gasteiger partial charge < -0.3 is 20.1 Å². The molecule has 7 heteroatoms. The Balaban J connectivity index is 2.31. The van der Waals surface area contributed by atoms with Crippen LogP contribution in [0, 0.1) is 0 Å². The van der Waals surface area contributed by atoms with E-state index in [2.05, 4.69) is 10.6 Å². The molecule has 0 saturated heterocycles. The highest BCUT2D eigenvalue weighted by Crippen LogP contribution is 2.25. The number of methoxy groups -OCH3 is 1. The molecule has 0 saturated carbocycles. The topological polar surface area (TPSA) is 59.6 Å². The molecule has 1 aromatic rings. The predicted molar refractivity (Wildman–Crippen MR) is 71.3 cm³/mol. The second kappa shape index (κ2) is 8.16. The lowest BCUT2D eigenvalue weighted by molar-refractivity contribution is 0.0650. The van der Waals surface area contributed by atoms with Crippen molar-refractivity contribution in [2.75, 3.05) is 32.4 Å². The molecule has 0 spiro atoms. The van der Waals surface area contributed by atoms with Gasteiger partial charge in [0.25, 0.3) is 0 Å². The highest BCUT2D eigenvalue weighted by molar-refractivity contribution is 6.36. The summed E-state index contributed by atoms with van der Waals surface area (Å²) in [5.41, 5.74) is 0.482. The fourth-order valence-electron chi connectivity index (χ4n) is 1.09. The first-order valence-corrected chi connectivity index (χ1v) is 5.95. The predicted octanol–water partition coefficient (Wildman–Crippen LogP) is 2.74. The van der Waals surface area contributed by atoms with Crippen molar-refractivity contribution in [2.24, 2.45) is 0 Å². The lowest BCUT2D eigenvalue weighted by atomic mass is 10.3. The second-order valence-electron chi connectivity index (χ2n) is 3.30. The monoisotopic (exact) mass is 292 g/mol.